The minimum absolute atomic E-state index is 0.256. The molecule has 0 unspecified atom stereocenters. The third-order valence-electron chi connectivity index (χ3n) is 3.70. The van der Waals surface area contributed by atoms with E-state index in [-0.39, 0.29) is 12.2 Å². The van der Waals surface area contributed by atoms with Crippen LogP contribution in [-0.4, -0.2) is 7.11 Å². The van der Waals surface area contributed by atoms with Gasteiger partial charge in [0, 0.05) is 23.4 Å². The predicted molar refractivity (Wildman–Crippen MR) is 77.2 cm³/mol. The molecule has 0 aliphatic carbocycles. The second-order valence-electron chi connectivity index (χ2n) is 5.08. The molecule has 3 aromatic rings. The molecule has 0 spiro atoms. The Hall–Kier alpha value is -2.07. The first-order chi connectivity index (χ1) is 9.52. The first kappa shape index (κ1) is 12.9. The predicted octanol–water partition coefficient (Wildman–Crippen LogP) is 3.61. The molecule has 0 radical (unpaired) electrons. The van der Waals surface area contributed by atoms with Crippen molar-refractivity contribution in [2.45, 2.75) is 27.4 Å². The quantitative estimate of drug-likeness (QED) is 0.669. The lowest BCUT2D eigenvalue weighted by molar-refractivity contribution is 0.181. The number of furan rings is 1. The zero-order valence-electron chi connectivity index (χ0n) is 12.0. The van der Waals surface area contributed by atoms with Crippen LogP contribution in [0.2, 0.25) is 0 Å². The largest absolute Gasteiger partial charge is 0.461 e. The van der Waals surface area contributed by atoms with Crippen LogP contribution in [0.25, 0.3) is 21.9 Å². The standard InChI is InChI=1S/C16H16O4/c1-8-5-11-6-12-9(2)13(7-18-4)16(17)20-15(12)10(3)14(11)19-8/h5-6H,7H2,1-4H3. The number of hydrogen-bond acceptors (Lipinski definition) is 4. The first-order valence-electron chi connectivity index (χ1n) is 6.48. The van der Waals surface area contributed by atoms with E-state index in [1.54, 1.807) is 7.11 Å². The lowest BCUT2D eigenvalue weighted by Crippen LogP contribution is -2.11. The highest BCUT2D eigenvalue weighted by Crippen LogP contribution is 2.31. The van der Waals surface area contributed by atoms with Gasteiger partial charge in [-0.2, -0.15) is 0 Å². The molecule has 20 heavy (non-hydrogen) atoms. The van der Waals surface area contributed by atoms with Gasteiger partial charge in [-0.15, -0.1) is 0 Å². The van der Waals surface area contributed by atoms with Crippen molar-refractivity contribution in [3.05, 3.63) is 45.0 Å². The zero-order chi connectivity index (χ0) is 14.4. The van der Waals surface area contributed by atoms with E-state index in [1.165, 1.54) is 0 Å². The molecule has 0 saturated carbocycles. The Bertz CT molecular complexity index is 868. The Kier molecular flexibility index (Phi) is 2.91. The van der Waals surface area contributed by atoms with Gasteiger partial charge in [0.2, 0.25) is 0 Å². The number of benzene rings is 1. The monoisotopic (exact) mass is 272 g/mol. The van der Waals surface area contributed by atoms with Gasteiger partial charge < -0.3 is 13.6 Å². The van der Waals surface area contributed by atoms with Crippen molar-refractivity contribution in [3.8, 4) is 0 Å². The van der Waals surface area contributed by atoms with Crippen molar-refractivity contribution in [1.29, 1.82) is 0 Å². The van der Waals surface area contributed by atoms with Crippen LogP contribution in [0.4, 0.5) is 0 Å². The van der Waals surface area contributed by atoms with Crippen LogP contribution in [0, 0.1) is 20.8 Å². The SMILES string of the molecule is COCc1c(C)c2cc3cc(C)oc3c(C)c2oc1=O. The fourth-order valence-electron chi connectivity index (χ4n) is 2.65. The second kappa shape index (κ2) is 4.49. The van der Waals surface area contributed by atoms with Crippen LogP contribution >= 0.6 is 0 Å². The molecule has 104 valence electrons. The number of hydrogen-bond donors (Lipinski definition) is 0. The Balaban J connectivity index is 2.48. The smallest absolute Gasteiger partial charge is 0.342 e. The van der Waals surface area contributed by atoms with E-state index in [1.807, 2.05) is 32.9 Å². The Morgan fingerprint density at radius 1 is 1.05 bits per heavy atom. The lowest BCUT2D eigenvalue weighted by atomic mass is 10.0. The maximum absolute atomic E-state index is 12.1. The van der Waals surface area contributed by atoms with E-state index in [9.17, 15) is 4.79 Å². The second-order valence-corrected chi connectivity index (χ2v) is 5.08. The van der Waals surface area contributed by atoms with E-state index in [0.29, 0.717) is 11.1 Å². The highest BCUT2D eigenvalue weighted by Gasteiger charge is 2.16. The van der Waals surface area contributed by atoms with Crippen LogP contribution in [0.3, 0.4) is 0 Å². The molecular weight excluding hydrogens is 256 g/mol. The van der Waals surface area contributed by atoms with E-state index in [0.717, 1.165) is 33.2 Å². The van der Waals surface area contributed by atoms with Crippen molar-refractivity contribution in [3.63, 3.8) is 0 Å². The van der Waals surface area contributed by atoms with E-state index >= 15 is 0 Å². The summed E-state index contributed by atoms with van der Waals surface area (Å²) in [4.78, 5) is 12.1. The molecule has 2 aromatic heterocycles. The van der Waals surface area contributed by atoms with Crippen molar-refractivity contribution in [2.75, 3.05) is 7.11 Å². The van der Waals surface area contributed by atoms with Crippen LogP contribution in [0.1, 0.15) is 22.5 Å². The van der Waals surface area contributed by atoms with Gasteiger partial charge in [0.1, 0.15) is 16.9 Å². The van der Waals surface area contributed by atoms with Crippen molar-refractivity contribution in [2.24, 2.45) is 0 Å². The molecule has 0 atom stereocenters. The molecule has 4 nitrogen and oxygen atoms in total. The third-order valence-corrected chi connectivity index (χ3v) is 3.70. The first-order valence-corrected chi connectivity index (χ1v) is 6.48. The van der Waals surface area contributed by atoms with Gasteiger partial charge in [-0.1, -0.05) is 0 Å². The molecule has 0 aliphatic rings. The van der Waals surface area contributed by atoms with Crippen LogP contribution in [-0.2, 0) is 11.3 Å². The minimum atomic E-state index is -0.345. The summed E-state index contributed by atoms with van der Waals surface area (Å²) < 4.78 is 16.2. The Morgan fingerprint density at radius 3 is 2.50 bits per heavy atom. The molecule has 0 saturated heterocycles. The van der Waals surface area contributed by atoms with Crippen molar-refractivity contribution < 1.29 is 13.6 Å². The Labute approximate surface area is 115 Å². The fourth-order valence-corrected chi connectivity index (χ4v) is 2.65. The number of methoxy groups -OCH3 is 1. The van der Waals surface area contributed by atoms with Gasteiger partial charge in [0.25, 0.3) is 0 Å². The summed E-state index contributed by atoms with van der Waals surface area (Å²) in [7, 11) is 1.57. The summed E-state index contributed by atoms with van der Waals surface area (Å²) in [6, 6.07) is 3.99. The molecule has 1 aromatic carbocycles. The van der Waals surface area contributed by atoms with Gasteiger partial charge >= 0.3 is 5.63 Å². The normalized spacial score (nSPS) is 11.6. The summed E-state index contributed by atoms with van der Waals surface area (Å²) in [5, 5.41) is 1.95. The van der Waals surface area contributed by atoms with Gasteiger partial charge in [0.15, 0.2) is 0 Å². The molecular formula is C16H16O4. The number of rotatable bonds is 2. The minimum Gasteiger partial charge on any atom is -0.461 e. The summed E-state index contributed by atoms with van der Waals surface area (Å²) in [5.41, 5.74) is 3.35. The zero-order valence-corrected chi connectivity index (χ0v) is 12.0. The highest BCUT2D eigenvalue weighted by atomic mass is 16.5. The highest BCUT2D eigenvalue weighted by molar-refractivity contribution is 5.98. The molecule has 0 N–H and O–H groups in total. The third kappa shape index (κ3) is 1.76. The maximum atomic E-state index is 12.1. The maximum Gasteiger partial charge on any atom is 0.342 e. The topological polar surface area (TPSA) is 52.6 Å². The number of aryl methyl sites for hydroxylation is 3. The molecule has 0 bridgehead atoms. The van der Waals surface area contributed by atoms with Crippen LogP contribution < -0.4 is 5.63 Å². The average Bonchev–Trinajstić information content (AvgIpc) is 2.77. The summed E-state index contributed by atoms with van der Waals surface area (Å²) >= 11 is 0. The van der Waals surface area contributed by atoms with Gasteiger partial charge in [0.05, 0.1) is 12.2 Å². The van der Waals surface area contributed by atoms with Crippen molar-refractivity contribution in [1.82, 2.24) is 0 Å². The van der Waals surface area contributed by atoms with Crippen LogP contribution in [0.5, 0.6) is 0 Å². The van der Waals surface area contributed by atoms with Gasteiger partial charge in [-0.25, -0.2) is 4.79 Å². The molecule has 4 heteroatoms. The van der Waals surface area contributed by atoms with Gasteiger partial charge in [-0.05, 0) is 38.5 Å². The van der Waals surface area contributed by atoms with E-state index in [4.69, 9.17) is 13.6 Å². The van der Waals surface area contributed by atoms with E-state index in [2.05, 4.69) is 0 Å². The molecule has 2 heterocycles. The molecule has 0 aliphatic heterocycles. The summed E-state index contributed by atoms with van der Waals surface area (Å²) in [6.07, 6.45) is 0. The molecule has 0 fully saturated rings. The summed E-state index contributed by atoms with van der Waals surface area (Å²) in [6.45, 7) is 5.99. The summed E-state index contributed by atoms with van der Waals surface area (Å²) in [5.74, 6) is 0.843. The lowest BCUT2D eigenvalue weighted by Gasteiger charge is -2.09. The molecule has 0 amide bonds. The van der Waals surface area contributed by atoms with Gasteiger partial charge in [-0.3, -0.25) is 0 Å². The van der Waals surface area contributed by atoms with E-state index < -0.39 is 0 Å². The number of ether oxygens (including phenoxy) is 1. The van der Waals surface area contributed by atoms with Crippen molar-refractivity contribution >= 4 is 21.9 Å². The molecule has 3 rings (SSSR count). The number of fused-ring (bicyclic) bond motifs is 2. The fraction of sp³-hybridized carbons (Fsp3) is 0.312. The average molecular weight is 272 g/mol. The Morgan fingerprint density at radius 2 is 1.80 bits per heavy atom. The van der Waals surface area contributed by atoms with Crippen LogP contribution in [0.15, 0.2) is 25.8 Å².